The van der Waals surface area contributed by atoms with Crippen molar-refractivity contribution in [2.24, 2.45) is 4.99 Å². The number of hydrogen-bond donors (Lipinski definition) is 0. The first-order valence-corrected chi connectivity index (χ1v) is 8.05. The minimum atomic E-state index is -0.380. The Morgan fingerprint density at radius 1 is 1.36 bits per heavy atom. The Kier molecular flexibility index (Phi) is 4.02. The summed E-state index contributed by atoms with van der Waals surface area (Å²) in [5.74, 6) is -0.380. The van der Waals surface area contributed by atoms with Gasteiger partial charge in [0.2, 0.25) is 0 Å². The van der Waals surface area contributed by atoms with Crippen molar-refractivity contribution in [1.82, 2.24) is 4.90 Å². The predicted molar refractivity (Wildman–Crippen MR) is 89.5 cm³/mol. The smallest absolute Gasteiger partial charge is 0.338 e. The summed E-state index contributed by atoms with van der Waals surface area (Å²) < 4.78 is 4.97. The number of amidine groups is 1. The van der Waals surface area contributed by atoms with Crippen LogP contribution in [0, 0.1) is 0 Å². The fraction of sp³-hybridized carbons (Fsp3) is 0.250. The standard InChI is InChI=1S/C16H15ClN2O2S/c1-9-8-22-16-18-10(2)13(15(20)21-3)14(19(9)16)11-6-4-5-7-12(11)17/h4-8,14H,1-3H3/t14-/m0/s1. The molecule has 1 atom stereocenters. The van der Waals surface area contributed by atoms with E-state index in [0.717, 1.165) is 16.4 Å². The third-order valence-corrected chi connectivity index (χ3v) is 5.01. The fourth-order valence-electron chi connectivity index (χ4n) is 2.69. The molecule has 0 amide bonds. The van der Waals surface area contributed by atoms with Crippen molar-refractivity contribution in [2.75, 3.05) is 7.11 Å². The third-order valence-electron chi connectivity index (χ3n) is 3.71. The number of fused-ring (bicyclic) bond motifs is 1. The molecule has 114 valence electrons. The number of methoxy groups -OCH3 is 1. The lowest BCUT2D eigenvalue weighted by Crippen LogP contribution is -2.36. The van der Waals surface area contributed by atoms with Gasteiger partial charge in [-0.15, -0.1) is 0 Å². The maximum absolute atomic E-state index is 12.3. The molecule has 1 aromatic carbocycles. The second-order valence-corrected chi connectivity index (χ2v) is 6.30. The molecule has 4 nitrogen and oxygen atoms in total. The van der Waals surface area contributed by atoms with Crippen molar-refractivity contribution in [3.63, 3.8) is 0 Å². The zero-order valence-corrected chi connectivity index (χ0v) is 14.0. The van der Waals surface area contributed by atoms with Gasteiger partial charge in [0.1, 0.15) is 0 Å². The summed E-state index contributed by atoms with van der Waals surface area (Å²) in [6.07, 6.45) is 0. The summed E-state index contributed by atoms with van der Waals surface area (Å²) in [6, 6.07) is 7.23. The van der Waals surface area contributed by atoms with Gasteiger partial charge in [-0.2, -0.15) is 0 Å². The normalized spacial score (nSPS) is 20.5. The highest BCUT2D eigenvalue weighted by molar-refractivity contribution is 8.16. The van der Waals surface area contributed by atoms with E-state index in [9.17, 15) is 4.79 Å². The van der Waals surface area contributed by atoms with E-state index in [0.29, 0.717) is 16.3 Å². The highest BCUT2D eigenvalue weighted by Crippen LogP contribution is 2.45. The zero-order chi connectivity index (χ0) is 15.9. The van der Waals surface area contributed by atoms with Crippen LogP contribution in [-0.2, 0) is 9.53 Å². The molecule has 0 fully saturated rings. The average Bonchev–Trinajstić information content (AvgIpc) is 2.87. The Morgan fingerprint density at radius 2 is 2.09 bits per heavy atom. The number of nitrogens with zero attached hydrogens (tertiary/aromatic N) is 2. The lowest BCUT2D eigenvalue weighted by Gasteiger charge is -2.35. The fourth-order valence-corrected chi connectivity index (χ4v) is 3.87. The van der Waals surface area contributed by atoms with Gasteiger partial charge in [-0.05, 0) is 30.9 Å². The van der Waals surface area contributed by atoms with Crippen molar-refractivity contribution >= 4 is 34.5 Å². The molecule has 0 saturated heterocycles. The van der Waals surface area contributed by atoms with Gasteiger partial charge < -0.3 is 9.64 Å². The molecule has 1 aromatic rings. The number of allylic oxidation sites excluding steroid dienone is 2. The zero-order valence-electron chi connectivity index (χ0n) is 12.5. The molecule has 0 spiro atoms. The summed E-state index contributed by atoms with van der Waals surface area (Å²) in [4.78, 5) is 18.9. The number of aliphatic imine (C=N–C) groups is 1. The molecule has 2 aliphatic heterocycles. The number of hydrogen-bond acceptors (Lipinski definition) is 5. The van der Waals surface area contributed by atoms with Crippen molar-refractivity contribution in [2.45, 2.75) is 19.9 Å². The minimum absolute atomic E-state index is 0.320. The Balaban J connectivity index is 2.21. The Bertz CT molecular complexity index is 739. The largest absolute Gasteiger partial charge is 0.466 e. The monoisotopic (exact) mass is 334 g/mol. The summed E-state index contributed by atoms with van der Waals surface area (Å²) >= 11 is 7.94. The van der Waals surface area contributed by atoms with E-state index < -0.39 is 0 Å². The molecule has 0 bridgehead atoms. The van der Waals surface area contributed by atoms with Gasteiger partial charge in [-0.3, -0.25) is 0 Å². The first-order chi connectivity index (χ1) is 10.5. The number of carbonyl (C=O) groups excluding carboxylic acids is 1. The van der Waals surface area contributed by atoms with Crippen LogP contribution in [0.25, 0.3) is 0 Å². The van der Waals surface area contributed by atoms with Crippen LogP contribution in [0.2, 0.25) is 5.02 Å². The number of halogens is 1. The van der Waals surface area contributed by atoms with Crippen molar-refractivity contribution in [3.05, 3.63) is 57.2 Å². The van der Waals surface area contributed by atoms with E-state index in [1.807, 2.05) is 48.4 Å². The van der Waals surface area contributed by atoms with E-state index >= 15 is 0 Å². The molecule has 0 radical (unpaired) electrons. The summed E-state index contributed by atoms with van der Waals surface area (Å²) in [5.41, 5.74) is 3.09. The Morgan fingerprint density at radius 3 is 2.77 bits per heavy atom. The number of esters is 1. The average molecular weight is 335 g/mol. The molecular weight excluding hydrogens is 320 g/mol. The summed E-state index contributed by atoms with van der Waals surface area (Å²) in [5, 5.41) is 3.50. The number of carbonyl (C=O) groups is 1. The number of rotatable bonds is 2. The van der Waals surface area contributed by atoms with E-state index in [4.69, 9.17) is 16.3 Å². The van der Waals surface area contributed by atoms with Crippen LogP contribution in [0.3, 0.4) is 0 Å². The van der Waals surface area contributed by atoms with Crippen LogP contribution in [0.15, 0.2) is 51.6 Å². The van der Waals surface area contributed by atoms with Crippen LogP contribution >= 0.6 is 23.4 Å². The molecule has 0 unspecified atom stereocenters. The van der Waals surface area contributed by atoms with Gasteiger partial charge in [-0.1, -0.05) is 41.6 Å². The van der Waals surface area contributed by atoms with Gasteiger partial charge in [0.15, 0.2) is 5.17 Å². The molecule has 3 rings (SSSR count). The van der Waals surface area contributed by atoms with Crippen LogP contribution in [0.5, 0.6) is 0 Å². The van der Waals surface area contributed by atoms with Crippen LogP contribution in [-0.4, -0.2) is 23.1 Å². The highest BCUT2D eigenvalue weighted by Gasteiger charge is 2.40. The van der Waals surface area contributed by atoms with Gasteiger partial charge in [0.25, 0.3) is 0 Å². The first kappa shape index (κ1) is 15.2. The van der Waals surface area contributed by atoms with Crippen LogP contribution in [0.4, 0.5) is 0 Å². The van der Waals surface area contributed by atoms with Crippen molar-refractivity contribution in [1.29, 1.82) is 0 Å². The second kappa shape index (κ2) is 5.82. The van der Waals surface area contributed by atoms with Crippen molar-refractivity contribution in [3.8, 4) is 0 Å². The van der Waals surface area contributed by atoms with E-state index in [1.54, 1.807) is 11.8 Å². The molecule has 0 aliphatic carbocycles. The number of thioether (sulfide) groups is 1. The van der Waals surface area contributed by atoms with Crippen LogP contribution < -0.4 is 0 Å². The summed E-state index contributed by atoms with van der Waals surface area (Å²) in [6.45, 7) is 3.82. The quantitative estimate of drug-likeness (QED) is 0.763. The predicted octanol–water partition coefficient (Wildman–Crippen LogP) is 4.11. The van der Waals surface area contributed by atoms with Gasteiger partial charge in [-0.25, -0.2) is 9.79 Å². The summed E-state index contributed by atoms with van der Waals surface area (Å²) in [7, 11) is 1.38. The molecule has 0 saturated carbocycles. The molecule has 2 aliphatic rings. The molecule has 22 heavy (non-hydrogen) atoms. The van der Waals surface area contributed by atoms with Crippen LogP contribution in [0.1, 0.15) is 25.5 Å². The number of ether oxygens (including phenoxy) is 1. The lowest BCUT2D eigenvalue weighted by molar-refractivity contribution is -0.136. The first-order valence-electron chi connectivity index (χ1n) is 6.79. The molecule has 0 N–H and O–H groups in total. The molecule has 6 heteroatoms. The SMILES string of the molecule is COC(=O)C1=C(C)N=C2SC=C(C)N2[C@H]1c1ccccc1Cl. The third kappa shape index (κ3) is 2.34. The van der Waals surface area contributed by atoms with Gasteiger partial charge in [0, 0.05) is 10.7 Å². The minimum Gasteiger partial charge on any atom is -0.466 e. The second-order valence-electron chi connectivity index (χ2n) is 5.06. The molecule has 0 aromatic heterocycles. The van der Waals surface area contributed by atoms with Gasteiger partial charge in [0.05, 0.1) is 24.4 Å². The number of benzene rings is 1. The maximum Gasteiger partial charge on any atom is 0.338 e. The highest BCUT2D eigenvalue weighted by atomic mass is 35.5. The maximum atomic E-state index is 12.3. The van der Waals surface area contributed by atoms with E-state index in [2.05, 4.69) is 4.99 Å². The molecular formula is C16H15ClN2O2S. The van der Waals surface area contributed by atoms with E-state index in [-0.39, 0.29) is 12.0 Å². The van der Waals surface area contributed by atoms with Gasteiger partial charge >= 0.3 is 5.97 Å². The Labute approximate surface area is 138 Å². The molecule has 2 heterocycles. The van der Waals surface area contributed by atoms with Crippen molar-refractivity contribution < 1.29 is 9.53 Å². The topological polar surface area (TPSA) is 41.9 Å². The van der Waals surface area contributed by atoms with E-state index in [1.165, 1.54) is 7.11 Å². The Hall–Kier alpha value is -1.72. The lowest BCUT2D eigenvalue weighted by atomic mass is 9.94.